The minimum Gasteiger partial charge on any atom is -0.475 e. The predicted molar refractivity (Wildman–Crippen MR) is 47.9 cm³/mol. The average Bonchev–Trinajstić information content (AvgIpc) is 2.15. The summed E-state index contributed by atoms with van der Waals surface area (Å²) in [6.45, 7) is 0. The van der Waals surface area contributed by atoms with Crippen molar-refractivity contribution < 1.29 is 28.3 Å². The zero-order chi connectivity index (χ0) is 12.3. The fourth-order valence-corrected chi connectivity index (χ4v) is 1.04. The Bertz CT molecular complexity index is 448. The number of Topliss-reactive ketones (excluding diaryl/α,β-unsaturated/α-hetero) is 2. The molecule has 1 rings (SSSR count). The van der Waals surface area contributed by atoms with Crippen LogP contribution >= 0.6 is 0 Å². The summed E-state index contributed by atoms with van der Waals surface area (Å²) in [6, 6.07) is 2.04. The molecular weight excluding hydrogens is 222 g/mol. The molecule has 0 aromatic heterocycles. The van der Waals surface area contributed by atoms with Crippen LogP contribution in [0.2, 0.25) is 0 Å². The van der Waals surface area contributed by atoms with Gasteiger partial charge in [-0.2, -0.15) is 0 Å². The predicted octanol–water partition coefficient (Wildman–Crippen LogP) is 1.19. The lowest BCUT2D eigenvalue weighted by molar-refractivity contribution is -0.148. The van der Waals surface area contributed by atoms with Crippen molar-refractivity contribution in [2.24, 2.45) is 0 Å². The van der Waals surface area contributed by atoms with Gasteiger partial charge in [0.15, 0.2) is 5.78 Å². The summed E-state index contributed by atoms with van der Waals surface area (Å²) in [7, 11) is 0. The van der Waals surface area contributed by atoms with Gasteiger partial charge in [-0.05, 0) is 12.1 Å². The molecule has 84 valence electrons. The second kappa shape index (κ2) is 4.61. The molecule has 0 bridgehead atoms. The zero-order valence-corrected chi connectivity index (χ0v) is 7.87. The molecule has 0 aliphatic rings. The largest absolute Gasteiger partial charge is 0.475 e. The molecule has 1 aromatic rings. The van der Waals surface area contributed by atoms with E-state index in [1.54, 1.807) is 0 Å². The summed E-state index contributed by atoms with van der Waals surface area (Å²) >= 11 is 0. The van der Waals surface area contributed by atoms with E-state index in [4.69, 9.17) is 5.11 Å². The van der Waals surface area contributed by atoms with Gasteiger partial charge in [0.2, 0.25) is 5.78 Å². The maximum absolute atomic E-state index is 12.7. The summed E-state index contributed by atoms with van der Waals surface area (Å²) in [6.07, 6.45) is -0.918. The van der Waals surface area contributed by atoms with Gasteiger partial charge in [0.05, 0.1) is 6.42 Å². The third kappa shape index (κ3) is 2.94. The molecule has 0 amide bonds. The lowest BCUT2D eigenvalue weighted by Crippen LogP contribution is -2.17. The van der Waals surface area contributed by atoms with Crippen LogP contribution in [0, 0.1) is 11.6 Å². The maximum Gasteiger partial charge on any atom is 0.372 e. The Morgan fingerprint density at radius 3 is 2.00 bits per heavy atom. The van der Waals surface area contributed by atoms with Crippen LogP contribution in [0.1, 0.15) is 16.8 Å². The molecule has 0 heterocycles. The van der Waals surface area contributed by atoms with E-state index < -0.39 is 35.6 Å². The van der Waals surface area contributed by atoms with E-state index in [1.165, 1.54) is 0 Å². The van der Waals surface area contributed by atoms with Crippen molar-refractivity contribution in [2.45, 2.75) is 6.42 Å². The molecule has 0 unspecified atom stereocenters. The van der Waals surface area contributed by atoms with E-state index in [9.17, 15) is 23.2 Å². The number of hydrogen-bond donors (Lipinski definition) is 1. The van der Waals surface area contributed by atoms with Crippen molar-refractivity contribution in [1.29, 1.82) is 0 Å². The van der Waals surface area contributed by atoms with Crippen molar-refractivity contribution in [3.05, 3.63) is 35.4 Å². The Kier molecular flexibility index (Phi) is 3.44. The number of benzene rings is 1. The van der Waals surface area contributed by atoms with Gasteiger partial charge in [-0.25, -0.2) is 13.6 Å². The zero-order valence-electron chi connectivity index (χ0n) is 7.87. The van der Waals surface area contributed by atoms with Crippen molar-refractivity contribution in [1.82, 2.24) is 0 Å². The number of halogens is 2. The maximum atomic E-state index is 12.7. The van der Waals surface area contributed by atoms with Gasteiger partial charge in [0.1, 0.15) is 11.6 Å². The molecule has 0 aliphatic carbocycles. The lowest BCUT2D eigenvalue weighted by Gasteiger charge is -1.99. The number of aliphatic carboxylic acids is 1. The second-order valence-electron chi connectivity index (χ2n) is 2.99. The highest BCUT2D eigenvalue weighted by Gasteiger charge is 2.18. The molecule has 0 saturated heterocycles. The topological polar surface area (TPSA) is 71.4 Å². The van der Waals surface area contributed by atoms with Crippen LogP contribution in [0.3, 0.4) is 0 Å². The molecule has 6 heteroatoms. The number of carbonyl (C=O) groups excluding carboxylic acids is 2. The smallest absolute Gasteiger partial charge is 0.372 e. The molecule has 1 aromatic carbocycles. The quantitative estimate of drug-likeness (QED) is 0.477. The Morgan fingerprint density at radius 1 is 1.06 bits per heavy atom. The molecule has 0 radical (unpaired) electrons. The Hall–Kier alpha value is -2.11. The number of carboxylic acid groups (broad SMARTS) is 1. The van der Waals surface area contributed by atoms with E-state index in [2.05, 4.69) is 0 Å². The van der Waals surface area contributed by atoms with E-state index in [-0.39, 0.29) is 5.56 Å². The standard InChI is InChI=1S/C10H6F2O4/c11-6-1-5(2-7(12)3-6)8(13)4-9(14)10(15)16/h1-3H,4H2,(H,15,16). The summed E-state index contributed by atoms with van der Waals surface area (Å²) in [5.41, 5.74) is -0.368. The van der Waals surface area contributed by atoms with Crippen LogP contribution < -0.4 is 0 Å². The summed E-state index contributed by atoms with van der Waals surface area (Å²) in [4.78, 5) is 32.1. The van der Waals surface area contributed by atoms with Crippen molar-refractivity contribution in [3.63, 3.8) is 0 Å². The van der Waals surface area contributed by atoms with Gasteiger partial charge in [0, 0.05) is 11.6 Å². The molecular formula is C10H6F2O4. The van der Waals surface area contributed by atoms with Gasteiger partial charge >= 0.3 is 5.97 Å². The fraction of sp³-hybridized carbons (Fsp3) is 0.100. The van der Waals surface area contributed by atoms with Crippen LogP contribution in [0.15, 0.2) is 18.2 Å². The third-order valence-corrected chi connectivity index (χ3v) is 1.74. The Morgan fingerprint density at radius 2 is 1.56 bits per heavy atom. The SMILES string of the molecule is O=C(O)C(=O)CC(=O)c1cc(F)cc(F)c1. The monoisotopic (exact) mass is 228 g/mol. The first-order valence-electron chi connectivity index (χ1n) is 4.15. The molecule has 0 fully saturated rings. The van der Waals surface area contributed by atoms with Crippen LogP contribution in [-0.2, 0) is 9.59 Å². The van der Waals surface area contributed by atoms with Gasteiger partial charge in [-0.1, -0.05) is 0 Å². The van der Waals surface area contributed by atoms with Crippen LogP contribution in [-0.4, -0.2) is 22.6 Å². The molecule has 0 atom stereocenters. The molecule has 0 saturated carbocycles. The van der Waals surface area contributed by atoms with Crippen LogP contribution in [0.4, 0.5) is 8.78 Å². The molecule has 4 nitrogen and oxygen atoms in total. The highest BCUT2D eigenvalue weighted by atomic mass is 19.1. The van der Waals surface area contributed by atoms with Crippen LogP contribution in [0.5, 0.6) is 0 Å². The number of carboxylic acids is 1. The van der Waals surface area contributed by atoms with Crippen molar-refractivity contribution in [2.75, 3.05) is 0 Å². The normalized spacial score (nSPS) is 9.88. The minimum absolute atomic E-state index is 0.368. The van der Waals surface area contributed by atoms with Gasteiger partial charge in [0.25, 0.3) is 0 Å². The lowest BCUT2D eigenvalue weighted by atomic mass is 10.1. The summed E-state index contributed by atoms with van der Waals surface area (Å²) < 4.78 is 25.4. The van der Waals surface area contributed by atoms with Crippen LogP contribution in [0.25, 0.3) is 0 Å². The first-order chi connectivity index (χ1) is 7.40. The number of ketones is 2. The first kappa shape index (κ1) is 12.0. The second-order valence-corrected chi connectivity index (χ2v) is 2.99. The van der Waals surface area contributed by atoms with E-state index in [0.717, 1.165) is 12.1 Å². The Labute approximate surface area is 88.5 Å². The minimum atomic E-state index is -1.76. The summed E-state index contributed by atoms with van der Waals surface area (Å²) in [5, 5.41) is 8.24. The summed E-state index contributed by atoms with van der Waals surface area (Å²) in [5.74, 6) is -5.96. The van der Waals surface area contributed by atoms with Crippen molar-refractivity contribution >= 4 is 17.5 Å². The van der Waals surface area contributed by atoms with Gasteiger partial charge < -0.3 is 5.11 Å². The average molecular weight is 228 g/mol. The first-order valence-corrected chi connectivity index (χ1v) is 4.15. The highest BCUT2D eigenvalue weighted by molar-refractivity contribution is 6.37. The molecule has 16 heavy (non-hydrogen) atoms. The highest BCUT2D eigenvalue weighted by Crippen LogP contribution is 2.10. The number of rotatable bonds is 4. The Balaban J connectivity index is 2.89. The number of hydrogen-bond acceptors (Lipinski definition) is 3. The van der Waals surface area contributed by atoms with E-state index >= 15 is 0 Å². The number of carbonyl (C=O) groups is 3. The van der Waals surface area contributed by atoms with Gasteiger partial charge in [-0.3, -0.25) is 9.59 Å². The molecule has 1 N–H and O–H groups in total. The van der Waals surface area contributed by atoms with E-state index in [0.29, 0.717) is 6.07 Å². The third-order valence-electron chi connectivity index (χ3n) is 1.74. The van der Waals surface area contributed by atoms with E-state index in [1.807, 2.05) is 0 Å². The van der Waals surface area contributed by atoms with Crippen molar-refractivity contribution in [3.8, 4) is 0 Å². The fourth-order valence-electron chi connectivity index (χ4n) is 1.04. The molecule has 0 aliphatic heterocycles. The van der Waals surface area contributed by atoms with Gasteiger partial charge in [-0.15, -0.1) is 0 Å². The molecule has 0 spiro atoms.